The molecule has 1 unspecified atom stereocenters. The molecule has 0 aromatic heterocycles. The molecule has 0 fully saturated rings. The van der Waals surface area contributed by atoms with Gasteiger partial charge in [0.15, 0.2) is 0 Å². The number of halogens is 1. The molecule has 80 valence electrons. The highest BCUT2D eigenvalue weighted by atomic mass is 127. The Morgan fingerprint density at radius 3 is 2.87 bits per heavy atom. The first-order chi connectivity index (χ1) is 7.15. The smallest absolute Gasteiger partial charge is 0.310 e. The fourth-order valence-corrected chi connectivity index (χ4v) is 2.01. The lowest BCUT2D eigenvalue weighted by atomic mass is 9.94. The normalized spacial score (nSPS) is 12.1. The molecule has 3 heteroatoms. The van der Waals surface area contributed by atoms with Crippen LogP contribution in [-0.4, -0.2) is 11.1 Å². The van der Waals surface area contributed by atoms with Crippen LogP contribution in [0.5, 0.6) is 0 Å². The van der Waals surface area contributed by atoms with E-state index in [9.17, 15) is 4.79 Å². The Morgan fingerprint density at radius 1 is 1.60 bits per heavy atom. The van der Waals surface area contributed by atoms with Crippen LogP contribution in [0.25, 0.3) is 0 Å². The van der Waals surface area contributed by atoms with Crippen molar-refractivity contribution in [2.75, 3.05) is 0 Å². The summed E-state index contributed by atoms with van der Waals surface area (Å²) in [5.41, 5.74) is 0.872. The predicted octanol–water partition coefficient (Wildman–Crippen LogP) is 3.43. The van der Waals surface area contributed by atoms with E-state index in [0.717, 1.165) is 15.6 Å². The lowest BCUT2D eigenvalue weighted by Crippen LogP contribution is -2.11. The van der Waals surface area contributed by atoms with Crippen LogP contribution in [0.2, 0.25) is 0 Å². The van der Waals surface area contributed by atoms with Crippen molar-refractivity contribution in [3.05, 3.63) is 46.1 Å². The molecule has 1 aromatic rings. The molecule has 0 bridgehead atoms. The molecule has 0 saturated carbocycles. The molecule has 1 rings (SSSR count). The molecule has 0 heterocycles. The molecule has 1 aromatic carbocycles. The first-order valence-corrected chi connectivity index (χ1v) is 5.82. The second-order valence-electron chi connectivity index (χ2n) is 3.31. The number of carbonyl (C=O) groups is 1. The van der Waals surface area contributed by atoms with E-state index < -0.39 is 11.9 Å². The van der Waals surface area contributed by atoms with Crippen LogP contribution in [0.15, 0.2) is 36.9 Å². The molecule has 2 nitrogen and oxygen atoms in total. The summed E-state index contributed by atoms with van der Waals surface area (Å²) in [6, 6.07) is 7.63. The van der Waals surface area contributed by atoms with Gasteiger partial charge in [0.05, 0.1) is 5.92 Å². The average Bonchev–Trinajstić information content (AvgIpc) is 2.18. The Hall–Kier alpha value is -0.840. The Labute approximate surface area is 103 Å². The van der Waals surface area contributed by atoms with Crippen molar-refractivity contribution < 1.29 is 9.90 Å². The summed E-state index contributed by atoms with van der Waals surface area (Å²) in [6.45, 7) is 3.61. The van der Waals surface area contributed by atoms with Crippen molar-refractivity contribution >= 4 is 28.6 Å². The molecule has 1 N–H and O–H groups in total. The first-order valence-electron chi connectivity index (χ1n) is 4.74. The number of hydrogen-bond donors (Lipinski definition) is 1. The van der Waals surface area contributed by atoms with Gasteiger partial charge in [0.2, 0.25) is 0 Å². The molecule has 0 aliphatic carbocycles. The summed E-state index contributed by atoms with van der Waals surface area (Å²) < 4.78 is 1.06. The molecular formula is C12H13IO2. The number of carboxylic acid groups (broad SMARTS) is 1. The Morgan fingerprint density at radius 2 is 2.33 bits per heavy atom. The summed E-state index contributed by atoms with van der Waals surface area (Å²) in [5.74, 6) is -1.18. The molecule has 1 atom stereocenters. The molecular weight excluding hydrogens is 303 g/mol. The van der Waals surface area contributed by atoms with Crippen molar-refractivity contribution in [3.8, 4) is 0 Å². The van der Waals surface area contributed by atoms with Crippen LogP contribution in [0.4, 0.5) is 0 Å². The van der Waals surface area contributed by atoms with Crippen molar-refractivity contribution in [2.45, 2.75) is 18.8 Å². The Balaban J connectivity index is 2.88. The van der Waals surface area contributed by atoms with Gasteiger partial charge in [-0.2, -0.15) is 0 Å². The van der Waals surface area contributed by atoms with E-state index in [0.29, 0.717) is 6.42 Å². The van der Waals surface area contributed by atoms with Gasteiger partial charge in [-0.1, -0.05) is 18.2 Å². The zero-order valence-electron chi connectivity index (χ0n) is 8.32. The Bertz CT molecular complexity index is 360. The van der Waals surface area contributed by atoms with Gasteiger partial charge in [0.25, 0.3) is 0 Å². The summed E-state index contributed by atoms with van der Waals surface area (Å²) in [6.07, 6.45) is 3.09. The molecule has 0 spiro atoms. The van der Waals surface area contributed by atoms with Crippen LogP contribution >= 0.6 is 22.6 Å². The predicted molar refractivity (Wildman–Crippen MR) is 69.0 cm³/mol. The molecule has 0 aliphatic rings. The fraction of sp³-hybridized carbons (Fsp3) is 0.250. The number of carboxylic acids is 1. The van der Waals surface area contributed by atoms with Crippen LogP contribution in [0, 0.1) is 3.57 Å². The largest absolute Gasteiger partial charge is 0.481 e. The summed E-state index contributed by atoms with van der Waals surface area (Å²) in [5, 5.41) is 9.11. The van der Waals surface area contributed by atoms with Crippen molar-refractivity contribution in [1.82, 2.24) is 0 Å². The molecule has 0 aliphatic heterocycles. The maximum atomic E-state index is 11.1. The van der Waals surface area contributed by atoms with Gasteiger partial charge in [-0.05, 0) is 53.1 Å². The monoisotopic (exact) mass is 316 g/mol. The van der Waals surface area contributed by atoms with E-state index in [1.165, 1.54) is 0 Å². The van der Waals surface area contributed by atoms with Crippen LogP contribution in [-0.2, 0) is 4.79 Å². The second-order valence-corrected chi connectivity index (χ2v) is 4.56. The zero-order valence-corrected chi connectivity index (χ0v) is 10.5. The third kappa shape index (κ3) is 3.66. The maximum Gasteiger partial charge on any atom is 0.310 e. The maximum absolute atomic E-state index is 11.1. The van der Waals surface area contributed by atoms with E-state index in [-0.39, 0.29) is 0 Å². The minimum absolute atomic E-state index is 0.419. The van der Waals surface area contributed by atoms with Crippen LogP contribution < -0.4 is 0 Å². The average molecular weight is 316 g/mol. The van der Waals surface area contributed by atoms with Crippen LogP contribution in [0.1, 0.15) is 24.3 Å². The lowest BCUT2D eigenvalue weighted by Gasteiger charge is -2.11. The summed E-state index contributed by atoms with van der Waals surface area (Å²) >= 11 is 2.19. The summed E-state index contributed by atoms with van der Waals surface area (Å²) in [4.78, 5) is 11.1. The second kappa shape index (κ2) is 5.90. The minimum atomic E-state index is -0.765. The minimum Gasteiger partial charge on any atom is -0.481 e. The quantitative estimate of drug-likeness (QED) is 0.667. The molecule has 15 heavy (non-hydrogen) atoms. The highest BCUT2D eigenvalue weighted by Gasteiger charge is 2.18. The fourth-order valence-electron chi connectivity index (χ4n) is 1.44. The van der Waals surface area contributed by atoms with Gasteiger partial charge < -0.3 is 5.11 Å². The van der Waals surface area contributed by atoms with E-state index in [2.05, 4.69) is 29.2 Å². The summed E-state index contributed by atoms with van der Waals surface area (Å²) in [7, 11) is 0. The van der Waals surface area contributed by atoms with E-state index in [4.69, 9.17) is 5.11 Å². The molecule has 0 amide bonds. The highest BCUT2D eigenvalue weighted by molar-refractivity contribution is 14.1. The molecule has 0 radical (unpaired) electrons. The van der Waals surface area contributed by atoms with E-state index in [1.54, 1.807) is 6.08 Å². The number of hydrogen-bond acceptors (Lipinski definition) is 1. The number of aliphatic carboxylic acids is 1. The van der Waals surface area contributed by atoms with E-state index >= 15 is 0 Å². The zero-order chi connectivity index (χ0) is 11.3. The van der Waals surface area contributed by atoms with E-state index in [1.807, 2.05) is 24.3 Å². The number of allylic oxidation sites excluding steroid dienone is 1. The standard InChI is InChI=1S/C12H13IO2/c1-2-3-7-11(12(14)15)9-5-4-6-10(13)8-9/h2,4-6,8,11H,1,3,7H2,(H,14,15). The van der Waals surface area contributed by atoms with Gasteiger partial charge in [0, 0.05) is 3.57 Å². The van der Waals surface area contributed by atoms with Gasteiger partial charge in [-0.15, -0.1) is 6.58 Å². The van der Waals surface area contributed by atoms with Crippen molar-refractivity contribution in [2.24, 2.45) is 0 Å². The van der Waals surface area contributed by atoms with Crippen molar-refractivity contribution in [1.29, 1.82) is 0 Å². The van der Waals surface area contributed by atoms with Crippen LogP contribution in [0.3, 0.4) is 0 Å². The molecule has 0 saturated heterocycles. The SMILES string of the molecule is C=CCCC(C(=O)O)c1cccc(I)c1. The highest BCUT2D eigenvalue weighted by Crippen LogP contribution is 2.23. The topological polar surface area (TPSA) is 37.3 Å². The van der Waals surface area contributed by atoms with Gasteiger partial charge >= 0.3 is 5.97 Å². The van der Waals surface area contributed by atoms with Gasteiger partial charge in [0.1, 0.15) is 0 Å². The van der Waals surface area contributed by atoms with Gasteiger partial charge in [-0.25, -0.2) is 0 Å². The number of benzene rings is 1. The Kier molecular flexibility index (Phi) is 4.81. The van der Waals surface area contributed by atoms with Gasteiger partial charge in [-0.3, -0.25) is 4.79 Å². The third-order valence-corrected chi connectivity index (χ3v) is 2.88. The van der Waals surface area contributed by atoms with Crippen molar-refractivity contribution in [3.63, 3.8) is 0 Å². The third-order valence-electron chi connectivity index (χ3n) is 2.21. The first kappa shape index (κ1) is 12.2. The number of rotatable bonds is 5. The lowest BCUT2D eigenvalue weighted by molar-refractivity contribution is -0.138.